The number of nitrogens with zero attached hydrogens (tertiary/aromatic N) is 1. The van der Waals surface area contributed by atoms with Crippen LogP contribution in [-0.4, -0.2) is 68.2 Å². The summed E-state index contributed by atoms with van der Waals surface area (Å²) in [6, 6.07) is 0.249. The van der Waals surface area contributed by atoms with Crippen LogP contribution in [-0.2, 0) is 4.74 Å². The molecule has 0 aliphatic carbocycles. The number of ether oxygens (including phenoxy) is 1. The van der Waals surface area contributed by atoms with Crippen molar-refractivity contribution in [2.24, 2.45) is 0 Å². The van der Waals surface area contributed by atoms with E-state index in [-0.39, 0.29) is 6.04 Å². The van der Waals surface area contributed by atoms with Crippen LogP contribution in [0.3, 0.4) is 0 Å². The maximum atomic E-state index is 12.2. The minimum atomic E-state index is -4.11. The molecule has 0 aromatic rings. The fourth-order valence-corrected chi connectivity index (χ4v) is 2.28. The molecular weight excluding hydrogens is 261 g/mol. The lowest BCUT2D eigenvalue weighted by Crippen LogP contribution is -2.46. The summed E-state index contributed by atoms with van der Waals surface area (Å²) in [7, 11) is 1.53. The van der Waals surface area contributed by atoms with Crippen molar-refractivity contribution in [3.63, 3.8) is 0 Å². The Bertz CT molecular complexity index is 244. The van der Waals surface area contributed by atoms with Crippen LogP contribution in [0.2, 0.25) is 0 Å². The summed E-state index contributed by atoms with van der Waals surface area (Å²) < 4.78 is 41.4. The smallest absolute Gasteiger partial charge is 0.391 e. The van der Waals surface area contributed by atoms with Gasteiger partial charge in [0.05, 0.1) is 19.3 Å². The molecule has 19 heavy (non-hydrogen) atoms. The fourth-order valence-electron chi connectivity index (χ4n) is 2.28. The third kappa shape index (κ3) is 7.71. The summed E-state index contributed by atoms with van der Waals surface area (Å²) in [5.74, 6) is 0. The quantitative estimate of drug-likeness (QED) is 0.732. The van der Waals surface area contributed by atoms with Gasteiger partial charge in [0.15, 0.2) is 0 Å². The van der Waals surface area contributed by atoms with Gasteiger partial charge in [0.2, 0.25) is 0 Å². The molecule has 7 heteroatoms. The number of methoxy groups -OCH3 is 1. The molecule has 114 valence electrons. The van der Waals surface area contributed by atoms with E-state index in [1.165, 1.54) is 12.0 Å². The molecule has 4 nitrogen and oxygen atoms in total. The number of piperidine rings is 1. The molecule has 0 saturated carbocycles. The average molecular weight is 284 g/mol. The zero-order valence-corrected chi connectivity index (χ0v) is 11.2. The third-order valence-electron chi connectivity index (χ3n) is 3.26. The predicted molar refractivity (Wildman–Crippen MR) is 66.0 cm³/mol. The van der Waals surface area contributed by atoms with Crippen LogP contribution >= 0.6 is 0 Å². The molecule has 1 rings (SSSR count). The monoisotopic (exact) mass is 284 g/mol. The third-order valence-corrected chi connectivity index (χ3v) is 3.26. The molecule has 0 aromatic carbocycles. The van der Waals surface area contributed by atoms with Gasteiger partial charge in [0.25, 0.3) is 0 Å². The molecule has 1 saturated heterocycles. The van der Waals surface area contributed by atoms with E-state index in [0.717, 1.165) is 12.8 Å². The Hall–Kier alpha value is -0.370. The number of aliphatic hydroxyl groups excluding tert-OH is 1. The SMILES string of the molecule is COCC(O)CCNC1CCN(CC(F)(F)F)CC1. The molecule has 1 heterocycles. The molecule has 0 amide bonds. The van der Waals surface area contributed by atoms with Gasteiger partial charge in [-0.3, -0.25) is 4.90 Å². The van der Waals surface area contributed by atoms with Gasteiger partial charge >= 0.3 is 6.18 Å². The highest BCUT2D eigenvalue weighted by Gasteiger charge is 2.32. The minimum Gasteiger partial charge on any atom is -0.391 e. The molecule has 2 N–H and O–H groups in total. The Morgan fingerprint density at radius 1 is 1.37 bits per heavy atom. The first-order valence-electron chi connectivity index (χ1n) is 6.60. The first kappa shape index (κ1) is 16.7. The van der Waals surface area contributed by atoms with Crippen LogP contribution in [0.1, 0.15) is 19.3 Å². The number of likely N-dealkylation sites (tertiary alicyclic amines) is 1. The second-order valence-electron chi connectivity index (χ2n) is 5.02. The molecule has 1 fully saturated rings. The second-order valence-corrected chi connectivity index (χ2v) is 5.02. The molecule has 1 aliphatic rings. The highest BCUT2D eigenvalue weighted by molar-refractivity contribution is 4.78. The highest BCUT2D eigenvalue weighted by Crippen LogP contribution is 2.19. The topological polar surface area (TPSA) is 44.7 Å². The summed E-state index contributed by atoms with van der Waals surface area (Å²) >= 11 is 0. The van der Waals surface area contributed by atoms with Gasteiger partial charge in [-0.2, -0.15) is 13.2 Å². The van der Waals surface area contributed by atoms with E-state index < -0.39 is 18.8 Å². The van der Waals surface area contributed by atoms with E-state index in [1.54, 1.807) is 0 Å². The van der Waals surface area contributed by atoms with E-state index in [0.29, 0.717) is 32.7 Å². The molecule has 0 aromatic heterocycles. The Kier molecular flexibility index (Phi) is 7.06. The number of alkyl halides is 3. The van der Waals surface area contributed by atoms with E-state index in [2.05, 4.69) is 5.32 Å². The number of aliphatic hydroxyl groups is 1. The van der Waals surface area contributed by atoms with Gasteiger partial charge < -0.3 is 15.2 Å². The zero-order valence-electron chi connectivity index (χ0n) is 11.2. The van der Waals surface area contributed by atoms with Gasteiger partial charge in [-0.05, 0) is 38.9 Å². The van der Waals surface area contributed by atoms with Crippen molar-refractivity contribution in [3.8, 4) is 0 Å². The zero-order chi connectivity index (χ0) is 14.3. The number of rotatable bonds is 7. The van der Waals surface area contributed by atoms with E-state index in [4.69, 9.17) is 4.74 Å². The van der Waals surface area contributed by atoms with Gasteiger partial charge in [0, 0.05) is 13.2 Å². The Morgan fingerprint density at radius 2 is 2.00 bits per heavy atom. The maximum absolute atomic E-state index is 12.2. The first-order chi connectivity index (χ1) is 8.90. The summed E-state index contributed by atoms with van der Waals surface area (Å²) in [6.07, 6.45) is -2.56. The molecule has 1 unspecified atom stereocenters. The Balaban J connectivity index is 2.10. The lowest BCUT2D eigenvalue weighted by atomic mass is 10.0. The summed E-state index contributed by atoms with van der Waals surface area (Å²) in [6.45, 7) is 1.10. The summed E-state index contributed by atoms with van der Waals surface area (Å²) in [4.78, 5) is 1.44. The number of halogens is 3. The van der Waals surface area contributed by atoms with Crippen LogP contribution in [0.25, 0.3) is 0 Å². The highest BCUT2D eigenvalue weighted by atomic mass is 19.4. The molecule has 0 spiro atoms. The predicted octanol–water partition coefficient (Wildman–Crippen LogP) is 1.00. The largest absolute Gasteiger partial charge is 0.401 e. The van der Waals surface area contributed by atoms with Crippen molar-refractivity contribution in [3.05, 3.63) is 0 Å². The average Bonchev–Trinajstić information content (AvgIpc) is 2.30. The Labute approximate surface area is 111 Å². The minimum absolute atomic E-state index is 0.249. The van der Waals surface area contributed by atoms with E-state index in [1.807, 2.05) is 0 Å². The van der Waals surface area contributed by atoms with Gasteiger partial charge in [-0.25, -0.2) is 0 Å². The second kappa shape index (κ2) is 8.04. The van der Waals surface area contributed by atoms with Crippen molar-refractivity contribution in [2.75, 3.05) is 39.9 Å². The first-order valence-corrected chi connectivity index (χ1v) is 6.60. The number of hydrogen-bond acceptors (Lipinski definition) is 4. The van der Waals surface area contributed by atoms with Crippen LogP contribution < -0.4 is 5.32 Å². The lowest BCUT2D eigenvalue weighted by molar-refractivity contribution is -0.148. The molecular formula is C12H23F3N2O2. The van der Waals surface area contributed by atoms with Crippen molar-refractivity contribution in [2.45, 2.75) is 37.6 Å². The number of nitrogens with one attached hydrogen (secondary N) is 1. The van der Waals surface area contributed by atoms with Gasteiger partial charge in [-0.1, -0.05) is 0 Å². The molecule has 1 atom stereocenters. The Morgan fingerprint density at radius 3 is 2.53 bits per heavy atom. The van der Waals surface area contributed by atoms with Crippen LogP contribution in [0.15, 0.2) is 0 Å². The van der Waals surface area contributed by atoms with Crippen LogP contribution in [0, 0.1) is 0 Å². The lowest BCUT2D eigenvalue weighted by Gasteiger charge is -2.32. The van der Waals surface area contributed by atoms with E-state index in [9.17, 15) is 18.3 Å². The standard InChI is InChI=1S/C12H23F3N2O2/c1-19-8-11(18)2-5-16-10-3-6-17(7-4-10)9-12(13,14)15/h10-11,16,18H,2-9H2,1H3. The normalized spacial score (nSPS) is 20.7. The fraction of sp³-hybridized carbons (Fsp3) is 1.00. The summed E-state index contributed by atoms with van der Waals surface area (Å²) in [5.41, 5.74) is 0. The van der Waals surface area contributed by atoms with Crippen molar-refractivity contribution < 1.29 is 23.0 Å². The van der Waals surface area contributed by atoms with Gasteiger partial charge in [-0.15, -0.1) is 0 Å². The van der Waals surface area contributed by atoms with E-state index >= 15 is 0 Å². The molecule has 1 aliphatic heterocycles. The maximum Gasteiger partial charge on any atom is 0.401 e. The van der Waals surface area contributed by atoms with Crippen molar-refractivity contribution >= 4 is 0 Å². The molecule has 0 radical (unpaired) electrons. The van der Waals surface area contributed by atoms with Crippen LogP contribution in [0.5, 0.6) is 0 Å². The molecule has 0 bridgehead atoms. The van der Waals surface area contributed by atoms with Crippen molar-refractivity contribution in [1.82, 2.24) is 10.2 Å². The van der Waals surface area contributed by atoms with Crippen LogP contribution in [0.4, 0.5) is 13.2 Å². The van der Waals surface area contributed by atoms with Gasteiger partial charge in [0.1, 0.15) is 0 Å². The number of hydrogen-bond donors (Lipinski definition) is 2. The van der Waals surface area contributed by atoms with Crippen molar-refractivity contribution in [1.29, 1.82) is 0 Å². The summed E-state index contributed by atoms with van der Waals surface area (Å²) in [5, 5.41) is 12.7.